The minimum Gasteiger partial charge on any atom is -0.462 e. The number of carbonyl (C=O) groups excluding carboxylic acids is 1. The highest BCUT2D eigenvalue weighted by Crippen LogP contribution is 2.40. The van der Waals surface area contributed by atoms with Gasteiger partial charge in [0.1, 0.15) is 11.6 Å². The van der Waals surface area contributed by atoms with Crippen molar-refractivity contribution in [2.24, 2.45) is 0 Å². The van der Waals surface area contributed by atoms with Crippen LogP contribution in [0, 0.1) is 11.3 Å². The maximum absolute atomic E-state index is 12.7. The van der Waals surface area contributed by atoms with Crippen molar-refractivity contribution in [3.05, 3.63) is 28.8 Å². The number of esters is 1. The fourth-order valence-corrected chi connectivity index (χ4v) is 1.51. The van der Waals surface area contributed by atoms with Gasteiger partial charge >= 0.3 is 18.8 Å². The van der Waals surface area contributed by atoms with E-state index in [1.165, 1.54) is 13.0 Å². The van der Waals surface area contributed by atoms with E-state index >= 15 is 0 Å². The number of carbonyl (C=O) groups is 1. The number of nitriles is 1. The van der Waals surface area contributed by atoms with E-state index in [2.05, 4.69) is 9.47 Å². The Kier molecular flexibility index (Phi) is 5.07. The molecule has 1 aromatic rings. The monoisotopic (exact) mass is 309 g/mol. The van der Waals surface area contributed by atoms with Crippen LogP contribution in [0.2, 0.25) is 0 Å². The SMILES string of the molecule is CCOC(=O)c1ccc(C(F)(F)F)c(OC(F)F)c1C#N. The molecular weight excluding hydrogens is 301 g/mol. The first-order chi connectivity index (χ1) is 9.72. The number of rotatable bonds is 4. The molecule has 0 N–H and O–H groups in total. The van der Waals surface area contributed by atoms with Crippen LogP contribution in [-0.4, -0.2) is 19.2 Å². The third-order valence-corrected chi connectivity index (χ3v) is 2.28. The number of ether oxygens (including phenoxy) is 2. The summed E-state index contributed by atoms with van der Waals surface area (Å²) in [5, 5.41) is 8.87. The quantitative estimate of drug-likeness (QED) is 0.632. The fraction of sp³-hybridized carbons (Fsp3) is 0.333. The van der Waals surface area contributed by atoms with Gasteiger partial charge in [0, 0.05) is 0 Å². The third kappa shape index (κ3) is 3.81. The van der Waals surface area contributed by atoms with Crippen LogP contribution in [-0.2, 0) is 10.9 Å². The lowest BCUT2D eigenvalue weighted by Gasteiger charge is -2.16. The number of nitrogens with zero attached hydrogens (tertiary/aromatic N) is 1. The Balaban J connectivity index is 3.54. The van der Waals surface area contributed by atoms with Crippen molar-refractivity contribution >= 4 is 5.97 Å². The van der Waals surface area contributed by atoms with Crippen LogP contribution in [0.1, 0.15) is 28.4 Å². The summed E-state index contributed by atoms with van der Waals surface area (Å²) in [4.78, 5) is 11.5. The molecule has 0 aromatic heterocycles. The second-order valence-corrected chi connectivity index (χ2v) is 3.57. The van der Waals surface area contributed by atoms with Crippen LogP contribution >= 0.6 is 0 Å². The second-order valence-electron chi connectivity index (χ2n) is 3.57. The lowest BCUT2D eigenvalue weighted by molar-refractivity contribution is -0.141. The molecule has 1 rings (SSSR count). The summed E-state index contributed by atoms with van der Waals surface area (Å²) in [5.41, 5.74) is -3.11. The standard InChI is InChI=1S/C12H8F5NO3/c1-2-20-10(19)6-3-4-8(12(15,16)17)9(7(6)5-18)21-11(13)14/h3-4,11H,2H2,1H3. The Hall–Kier alpha value is -2.37. The van der Waals surface area contributed by atoms with Crippen LogP contribution < -0.4 is 4.74 Å². The van der Waals surface area contributed by atoms with Crippen LogP contribution in [0.25, 0.3) is 0 Å². The molecule has 0 heterocycles. The van der Waals surface area contributed by atoms with Crippen molar-refractivity contribution in [2.75, 3.05) is 6.61 Å². The normalized spacial score (nSPS) is 11.1. The van der Waals surface area contributed by atoms with Crippen LogP contribution in [0.3, 0.4) is 0 Å². The first kappa shape index (κ1) is 16.7. The minimum atomic E-state index is -5.02. The molecule has 114 valence electrons. The maximum atomic E-state index is 12.7. The molecule has 0 saturated carbocycles. The van der Waals surface area contributed by atoms with E-state index < -0.39 is 41.2 Å². The predicted octanol–water partition coefficient (Wildman–Crippen LogP) is 3.36. The van der Waals surface area contributed by atoms with Gasteiger partial charge < -0.3 is 9.47 Å². The van der Waals surface area contributed by atoms with Gasteiger partial charge in [0.25, 0.3) is 0 Å². The predicted molar refractivity (Wildman–Crippen MR) is 58.7 cm³/mol. The lowest BCUT2D eigenvalue weighted by atomic mass is 10.0. The molecule has 0 aliphatic rings. The molecule has 0 fully saturated rings. The summed E-state index contributed by atoms with van der Waals surface area (Å²) < 4.78 is 71.1. The molecule has 1 aromatic carbocycles. The van der Waals surface area contributed by atoms with Crippen LogP contribution in [0.15, 0.2) is 12.1 Å². The van der Waals surface area contributed by atoms with Crippen molar-refractivity contribution < 1.29 is 36.2 Å². The zero-order valence-electron chi connectivity index (χ0n) is 10.5. The summed E-state index contributed by atoms with van der Waals surface area (Å²) in [6, 6.07) is 2.32. The smallest absolute Gasteiger partial charge is 0.420 e. The Labute approximate surface area is 115 Å². The highest BCUT2D eigenvalue weighted by molar-refractivity contribution is 5.93. The molecule has 0 atom stereocenters. The van der Waals surface area contributed by atoms with E-state index in [0.717, 1.165) is 0 Å². The highest BCUT2D eigenvalue weighted by Gasteiger charge is 2.38. The van der Waals surface area contributed by atoms with Gasteiger partial charge in [0.05, 0.1) is 17.7 Å². The van der Waals surface area contributed by atoms with E-state index in [9.17, 15) is 26.7 Å². The number of halogens is 5. The molecule has 4 nitrogen and oxygen atoms in total. The van der Waals surface area contributed by atoms with Gasteiger partial charge in [0.2, 0.25) is 0 Å². The van der Waals surface area contributed by atoms with Crippen molar-refractivity contribution in [3.63, 3.8) is 0 Å². The van der Waals surface area contributed by atoms with Gasteiger partial charge in [-0.2, -0.15) is 27.2 Å². The first-order valence-corrected chi connectivity index (χ1v) is 5.48. The van der Waals surface area contributed by atoms with E-state index in [4.69, 9.17) is 5.26 Å². The Morgan fingerprint density at radius 3 is 2.43 bits per heavy atom. The Morgan fingerprint density at radius 1 is 1.38 bits per heavy atom. The zero-order chi connectivity index (χ0) is 16.2. The summed E-state index contributed by atoms with van der Waals surface area (Å²) in [5.74, 6) is -2.51. The van der Waals surface area contributed by atoms with Crippen molar-refractivity contribution in [3.8, 4) is 11.8 Å². The molecule has 0 amide bonds. The van der Waals surface area contributed by atoms with E-state index in [1.54, 1.807) is 0 Å². The molecular formula is C12H8F5NO3. The lowest BCUT2D eigenvalue weighted by Crippen LogP contribution is -2.16. The molecule has 0 spiro atoms. The fourth-order valence-electron chi connectivity index (χ4n) is 1.51. The average molecular weight is 309 g/mol. The molecule has 0 unspecified atom stereocenters. The molecule has 0 aliphatic heterocycles. The molecule has 0 saturated heterocycles. The van der Waals surface area contributed by atoms with E-state index in [-0.39, 0.29) is 6.61 Å². The minimum absolute atomic E-state index is 0.101. The molecule has 9 heteroatoms. The number of hydrogen-bond acceptors (Lipinski definition) is 4. The van der Waals surface area contributed by atoms with Crippen molar-refractivity contribution in [1.29, 1.82) is 5.26 Å². The molecule has 21 heavy (non-hydrogen) atoms. The van der Waals surface area contributed by atoms with Crippen molar-refractivity contribution in [2.45, 2.75) is 19.7 Å². The molecule has 0 radical (unpaired) electrons. The van der Waals surface area contributed by atoms with Gasteiger partial charge in [-0.25, -0.2) is 4.79 Å². The number of benzene rings is 1. The topological polar surface area (TPSA) is 59.3 Å². The first-order valence-electron chi connectivity index (χ1n) is 5.48. The van der Waals surface area contributed by atoms with Gasteiger partial charge in [-0.05, 0) is 19.1 Å². The Bertz CT molecular complexity index is 577. The molecule has 0 aliphatic carbocycles. The molecule has 0 bridgehead atoms. The van der Waals surface area contributed by atoms with Gasteiger partial charge in [0.15, 0.2) is 5.75 Å². The second kappa shape index (κ2) is 6.39. The average Bonchev–Trinajstić information content (AvgIpc) is 2.36. The van der Waals surface area contributed by atoms with Crippen molar-refractivity contribution in [1.82, 2.24) is 0 Å². The van der Waals surface area contributed by atoms with Gasteiger partial charge in [-0.3, -0.25) is 0 Å². The summed E-state index contributed by atoms with van der Waals surface area (Å²) >= 11 is 0. The number of alkyl halides is 5. The summed E-state index contributed by atoms with van der Waals surface area (Å²) in [7, 11) is 0. The Morgan fingerprint density at radius 2 is 2.00 bits per heavy atom. The summed E-state index contributed by atoms with van der Waals surface area (Å²) in [6.45, 7) is -2.25. The van der Waals surface area contributed by atoms with E-state index in [0.29, 0.717) is 12.1 Å². The maximum Gasteiger partial charge on any atom is 0.420 e. The third-order valence-electron chi connectivity index (χ3n) is 2.28. The van der Waals surface area contributed by atoms with E-state index in [1.807, 2.05) is 0 Å². The largest absolute Gasteiger partial charge is 0.462 e. The summed E-state index contributed by atoms with van der Waals surface area (Å²) in [6.07, 6.45) is -5.02. The number of hydrogen-bond donors (Lipinski definition) is 0. The van der Waals surface area contributed by atoms with Gasteiger partial charge in [-0.1, -0.05) is 0 Å². The highest BCUT2D eigenvalue weighted by atomic mass is 19.4. The van der Waals surface area contributed by atoms with Gasteiger partial charge in [-0.15, -0.1) is 0 Å². The van der Waals surface area contributed by atoms with Crippen LogP contribution in [0.4, 0.5) is 22.0 Å². The van der Waals surface area contributed by atoms with Crippen LogP contribution in [0.5, 0.6) is 5.75 Å². The zero-order valence-corrected chi connectivity index (χ0v) is 10.5.